The third-order valence-electron chi connectivity index (χ3n) is 6.33. The molecule has 0 unspecified atom stereocenters. The van der Waals surface area contributed by atoms with E-state index in [-0.39, 0.29) is 0 Å². The van der Waals surface area contributed by atoms with E-state index < -0.39 is 11.6 Å². The Morgan fingerprint density at radius 1 is 0.471 bits per heavy atom. The summed E-state index contributed by atoms with van der Waals surface area (Å²) in [5, 5.41) is 0. The van der Waals surface area contributed by atoms with Gasteiger partial charge in [-0.3, -0.25) is 9.59 Å². The number of carbonyl (C=O) groups is 2. The first-order valence-corrected chi connectivity index (χ1v) is 11.8. The highest BCUT2D eigenvalue weighted by atomic mass is 16.2. The molecular weight excluding hydrogens is 416 g/mol. The topological polar surface area (TPSA) is 34.1 Å². The van der Waals surface area contributed by atoms with E-state index >= 15 is 0 Å². The second-order valence-corrected chi connectivity index (χ2v) is 9.30. The average molecular weight is 447 g/mol. The molecule has 0 saturated heterocycles. The van der Waals surface area contributed by atoms with Crippen LogP contribution in [0.1, 0.15) is 71.4 Å². The van der Waals surface area contributed by atoms with Crippen LogP contribution in [0.4, 0.5) is 0 Å². The second-order valence-electron chi connectivity index (χ2n) is 9.30. The van der Waals surface area contributed by atoms with E-state index in [2.05, 4.69) is 52.0 Å². The summed E-state index contributed by atoms with van der Waals surface area (Å²) in [4.78, 5) is 27.0. The summed E-state index contributed by atoms with van der Waals surface area (Å²) in [5.41, 5.74) is 6.73. The lowest BCUT2D eigenvalue weighted by Gasteiger charge is -2.13. The SMILES string of the molecule is CC(C)c1ccc(-c2ccccc2C(=O)C(=O)c2ccccc2-c2ccc(C(C)C)cc2)cc1. The van der Waals surface area contributed by atoms with Crippen molar-refractivity contribution in [2.75, 3.05) is 0 Å². The molecule has 0 N–H and O–H groups in total. The minimum atomic E-state index is -0.491. The monoisotopic (exact) mass is 446 g/mol. The van der Waals surface area contributed by atoms with Gasteiger partial charge in [-0.15, -0.1) is 0 Å². The summed E-state index contributed by atoms with van der Waals surface area (Å²) >= 11 is 0. The van der Waals surface area contributed by atoms with Crippen molar-refractivity contribution in [2.45, 2.75) is 39.5 Å². The largest absolute Gasteiger partial charge is 0.285 e. The molecule has 0 aromatic heterocycles. The predicted molar refractivity (Wildman–Crippen MR) is 141 cm³/mol. The molecule has 34 heavy (non-hydrogen) atoms. The third-order valence-corrected chi connectivity index (χ3v) is 6.33. The molecule has 2 nitrogen and oxygen atoms in total. The van der Waals surface area contributed by atoms with Crippen LogP contribution in [0.2, 0.25) is 0 Å². The van der Waals surface area contributed by atoms with Gasteiger partial charge in [-0.1, -0.05) is 125 Å². The van der Waals surface area contributed by atoms with Gasteiger partial charge < -0.3 is 0 Å². The van der Waals surface area contributed by atoms with Crippen LogP contribution < -0.4 is 0 Å². The molecule has 4 aromatic rings. The Morgan fingerprint density at radius 3 is 1.12 bits per heavy atom. The summed E-state index contributed by atoms with van der Waals surface area (Å²) in [6.07, 6.45) is 0. The van der Waals surface area contributed by atoms with E-state index in [9.17, 15) is 9.59 Å². The second kappa shape index (κ2) is 10.0. The Morgan fingerprint density at radius 2 is 0.794 bits per heavy atom. The maximum absolute atomic E-state index is 13.5. The number of ketones is 2. The van der Waals surface area contributed by atoms with Gasteiger partial charge in [0.25, 0.3) is 0 Å². The molecule has 0 saturated carbocycles. The Bertz CT molecular complexity index is 1200. The number of Topliss-reactive ketones (excluding diaryl/α,β-unsaturated/α-hetero) is 2. The highest BCUT2D eigenvalue weighted by Crippen LogP contribution is 2.30. The predicted octanol–water partition coefficient (Wildman–Crippen LogP) is 8.33. The summed E-state index contributed by atoms with van der Waals surface area (Å²) in [7, 11) is 0. The Kier molecular flexibility index (Phi) is 6.88. The molecule has 0 radical (unpaired) electrons. The van der Waals surface area contributed by atoms with Crippen molar-refractivity contribution >= 4 is 11.6 Å². The summed E-state index contributed by atoms with van der Waals surface area (Å²) in [6.45, 7) is 8.61. The third kappa shape index (κ3) is 4.77. The summed E-state index contributed by atoms with van der Waals surface area (Å²) in [5.74, 6) is -0.123. The molecule has 0 spiro atoms. The van der Waals surface area contributed by atoms with Crippen molar-refractivity contribution < 1.29 is 9.59 Å². The van der Waals surface area contributed by atoms with Gasteiger partial charge in [0.05, 0.1) is 0 Å². The van der Waals surface area contributed by atoms with Crippen molar-refractivity contribution in [3.05, 3.63) is 119 Å². The molecular formula is C32H30O2. The van der Waals surface area contributed by atoms with Crippen molar-refractivity contribution in [3.63, 3.8) is 0 Å². The van der Waals surface area contributed by atoms with Crippen molar-refractivity contribution in [1.82, 2.24) is 0 Å². The molecule has 0 heterocycles. The summed E-state index contributed by atoms with van der Waals surface area (Å²) < 4.78 is 0. The standard InChI is InChI=1S/C32H30O2/c1-21(2)23-13-17-25(18-14-23)27-9-5-7-11-29(27)31(33)32(34)30-12-8-6-10-28(30)26-19-15-24(16-20-26)22(3)4/h5-22H,1-4H3. The lowest BCUT2D eigenvalue weighted by Crippen LogP contribution is -2.16. The van der Waals surface area contributed by atoms with Crippen LogP contribution in [-0.2, 0) is 0 Å². The fraction of sp³-hybridized carbons (Fsp3) is 0.188. The first-order chi connectivity index (χ1) is 16.4. The molecule has 0 fully saturated rings. The molecule has 4 aromatic carbocycles. The van der Waals surface area contributed by atoms with Gasteiger partial charge in [-0.05, 0) is 45.2 Å². The van der Waals surface area contributed by atoms with E-state index in [1.54, 1.807) is 12.1 Å². The highest BCUT2D eigenvalue weighted by Gasteiger charge is 2.24. The zero-order chi connectivity index (χ0) is 24.2. The molecule has 0 amide bonds. The Hall–Kier alpha value is -3.78. The van der Waals surface area contributed by atoms with E-state index in [1.165, 1.54) is 11.1 Å². The maximum atomic E-state index is 13.5. The molecule has 2 heteroatoms. The van der Waals surface area contributed by atoms with E-state index in [4.69, 9.17) is 0 Å². The summed E-state index contributed by atoms with van der Waals surface area (Å²) in [6, 6.07) is 31.1. The number of hydrogen-bond donors (Lipinski definition) is 0. The van der Waals surface area contributed by atoms with Gasteiger partial charge in [0.2, 0.25) is 11.6 Å². The minimum Gasteiger partial charge on any atom is -0.285 e. The number of hydrogen-bond acceptors (Lipinski definition) is 2. The highest BCUT2D eigenvalue weighted by molar-refractivity contribution is 6.51. The fourth-order valence-electron chi connectivity index (χ4n) is 4.21. The van der Waals surface area contributed by atoms with Crippen molar-refractivity contribution in [3.8, 4) is 22.3 Å². The molecule has 0 aliphatic carbocycles. The van der Waals surface area contributed by atoms with Crippen LogP contribution in [0.15, 0.2) is 97.1 Å². The quantitative estimate of drug-likeness (QED) is 0.211. The van der Waals surface area contributed by atoms with Gasteiger partial charge in [0.15, 0.2) is 0 Å². The molecule has 0 bridgehead atoms. The zero-order valence-electron chi connectivity index (χ0n) is 20.2. The number of benzene rings is 4. The molecule has 0 aliphatic heterocycles. The van der Waals surface area contributed by atoms with Gasteiger partial charge in [0, 0.05) is 11.1 Å². The van der Waals surface area contributed by atoms with Crippen LogP contribution in [0.5, 0.6) is 0 Å². The van der Waals surface area contributed by atoms with E-state index in [0.717, 1.165) is 22.3 Å². The van der Waals surface area contributed by atoms with Crippen LogP contribution in [0.3, 0.4) is 0 Å². The molecule has 170 valence electrons. The lowest BCUT2D eigenvalue weighted by molar-refractivity contribution is 0.0817. The van der Waals surface area contributed by atoms with Gasteiger partial charge >= 0.3 is 0 Å². The maximum Gasteiger partial charge on any atom is 0.234 e. The molecule has 0 atom stereocenters. The van der Waals surface area contributed by atoms with Crippen molar-refractivity contribution in [2.24, 2.45) is 0 Å². The first kappa shape index (κ1) is 23.4. The zero-order valence-corrected chi connectivity index (χ0v) is 20.2. The number of carbonyl (C=O) groups excluding carboxylic acids is 2. The minimum absolute atomic E-state index is 0.426. The number of rotatable bonds is 7. The smallest absolute Gasteiger partial charge is 0.234 e. The average Bonchev–Trinajstić information content (AvgIpc) is 2.88. The van der Waals surface area contributed by atoms with Crippen LogP contribution >= 0.6 is 0 Å². The van der Waals surface area contributed by atoms with Crippen LogP contribution in [-0.4, -0.2) is 11.6 Å². The lowest BCUT2D eigenvalue weighted by atomic mass is 9.89. The van der Waals surface area contributed by atoms with Gasteiger partial charge in [-0.2, -0.15) is 0 Å². The Labute approximate surface area is 202 Å². The van der Waals surface area contributed by atoms with Gasteiger partial charge in [0.1, 0.15) is 0 Å². The van der Waals surface area contributed by atoms with Gasteiger partial charge in [-0.25, -0.2) is 0 Å². The van der Waals surface area contributed by atoms with Crippen LogP contribution in [0, 0.1) is 0 Å². The molecule has 0 aliphatic rings. The van der Waals surface area contributed by atoms with Crippen LogP contribution in [0.25, 0.3) is 22.3 Å². The molecule has 4 rings (SSSR count). The fourth-order valence-corrected chi connectivity index (χ4v) is 4.21. The van der Waals surface area contributed by atoms with E-state index in [1.807, 2.05) is 60.7 Å². The Balaban J connectivity index is 1.70. The normalized spacial score (nSPS) is 11.1. The van der Waals surface area contributed by atoms with Crippen molar-refractivity contribution in [1.29, 1.82) is 0 Å². The van der Waals surface area contributed by atoms with E-state index in [0.29, 0.717) is 23.0 Å². The first-order valence-electron chi connectivity index (χ1n) is 11.8.